The third-order valence-corrected chi connectivity index (χ3v) is 3.52. The molecule has 106 valence electrons. The SMILES string of the molecule is CC1CCCCN1C(=O)c1ccc(C#CCCO)cn1. The van der Waals surface area contributed by atoms with Crippen molar-refractivity contribution in [3.05, 3.63) is 29.6 Å². The van der Waals surface area contributed by atoms with Gasteiger partial charge in [-0.3, -0.25) is 4.79 Å². The maximum absolute atomic E-state index is 12.4. The number of pyridine rings is 1. The smallest absolute Gasteiger partial charge is 0.272 e. The second-order valence-electron chi connectivity index (χ2n) is 5.05. The van der Waals surface area contributed by atoms with Gasteiger partial charge < -0.3 is 10.0 Å². The zero-order valence-corrected chi connectivity index (χ0v) is 11.8. The van der Waals surface area contributed by atoms with Gasteiger partial charge in [-0.15, -0.1) is 0 Å². The van der Waals surface area contributed by atoms with Crippen molar-refractivity contribution in [2.75, 3.05) is 13.2 Å². The molecule has 1 atom stereocenters. The van der Waals surface area contributed by atoms with Gasteiger partial charge >= 0.3 is 0 Å². The summed E-state index contributed by atoms with van der Waals surface area (Å²) in [6.45, 7) is 2.97. The van der Waals surface area contributed by atoms with Crippen LogP contribution in [0.15, 0.2) is 18.3 Å². The molecule has 1 saturated heterocycles. The number of aliphatic hydroxyl groups is 1. The van der Waals surface area contributed by atoms with E-state index in [1.807, 2.05) is 4.90 Å². The average Bonchev–Trinajstić information content (AvgIpc) is 2.48. The summed E-state index contributed by atoms with van der Waals surface area (Å²) in [4.78, 5) is 18.5. The quantitative estimate of drug-likeness (QED) is 0.836. The highest BCUT2D eigenvalue weighted by Gasteiger charge is 2.24. The van der Waals surface area contributed by atoms with Gasteiger partial charge in [-0.25, -0.2) is 4.98 Å². The first-order valence-electron chi connectivity index (χ1n) is 7.09. The van der Waals surface area contributed by atoms with E-state index in [0.29, 0.717) is 18.2 Å². The number of rotatable bonds is 2. The predicted molar refractivity (Wildman–Crippen MR) is 77.2 cm³/mol. The molecule has 0 aromatic carbocycles. The number of piperidine rings is 1. The maximum Gasteiger partial charge on any atom is 0.272 e. The number of aromatic nitrogens is 1. The summed E-state index contributed by atoms with van der Waals surface area (Å²) in [5, 5.41) is 8.66. The molecule has 1 aliphatic heterocycles. The van der Waals surface area contributed by atoms with Crippen LogP contribution >= 0.6 is 0 Å². The van der Waals surface area contributed by atoms with E-state index in [1.54, 1.807) is 18.3 Å². The molecular weight excluding hydrogens is 252 g/mol. The van der Waals surface area contributed by atoms with Crippen LogP contribution < -0.4 is 0 Å². The first kappa shape index (κ1) is 14.5. The van der Waals surface area contributed by atoms with E-state index in [0.717, 1.165) is 24.9 Å². The molecule has 1 unspecified atom stereocenters. The highest BCUT2D eigenvalue weighted by atomic mass is 16.2. The molecule has 0 saturated carbocycles. The van der Waals surface area contributed by atoms with Gasteiger partial charge in [0.15, 0.2) is 0 Å². The van der Waals surface area contributed by atoms with Gasteiger partial charge in [0.05, 0.1) is 6.61 Å². The van der Waals surface area contributed by atoms with Crippen molar-refractivity contribution < 1.29 is 9.90 Å². The van der Waals surface area contributed by atoms with Gasteiger partial charge in [0.1, 0.15) is 5.69 Å². The Morgan fingerprint density at radius 2 is 2.35 bits per heavy atom. The summed E-state index contributed by atoms with van der Waals surface area (Å²) in [6.07, 6.45) is 5.40. The first-order chi connectivity index (χ1) is 9.72. The highest BCUT2D eigenvalue weighted by Crippen LogP contribution is 2.18. The molecular formula is C16H20N2O2. The van der Waals surface area contributed by atoms with Crippen LogP contribution in [-0.2, 0) is 0 Å². The Morgan fingerprint density at radius 3 is 3.00 bits per heavy atom. The third kappa shape index (κ3) is 3.58. The number of aliphatic hydroxyl groups excluding tert-OH is 1. The van der Waals surface area contributed by atoms with E-state index >= 15 is 0 Å². The Kier molecular flexibility index (Phi) is 5.14. The minimum Gasteiger partial charge on any atom is -0.395 e. The van der Waals surface area contributed by atoms with Crippen molar-refractivity contribution in [1.82, 2.24) is 9.88 Å². The monoisotopic (exact) mass is 272 g/mol. The average molecular weight is 272 g/mol. The number of carbonyl (C=O) groups is 1. The number of hydrogen-bond donors (Lipinski definition) is 1. The van der Waals surface area contributed by atoms with Crippen LogP contribution in [0.4, 0.5) is 0 Å². The molecule has 2 heterocycles. The Morgan fingerprint density at radius 1 is 1.50 bits per heavy atom. The molecule has 1 aromatic rings. The normalized spacial score (nSPS) is 18.3. The summed E-state index contributed by atoms with van der Waals surface area (Å²) in [5.74, 6) is 5.74. The maximum atomic E-state index is 12.4. The van der Waals surface area contributed by atoms with Crippen molar-refractivity contribution in [3.63, 3.8) is 0 Å². The lowest BCUT2D eigenvalue weighted by atomic mass is 10.0. The van der Waals surface area contributed by atoms with Gasteiger partial charge in [0, 0.05) is 30.8 Å². The Bertz CT molecular complexity index is 514. The zero-order chi connectivity index (χ0) is 14.4. The van der Waals surface area contributed by atoms with Crippen LogP contribution in [0.1, 0.15) is 48.7 Å². The van der Waals surface area contributed by atoms with Crippen LogP contribution in [0.3, 0.4) is 0 Å². The van der Waals surface area contributed by atoms with Crippen LogP contribution in [0.2, 0.25) is 0 Å². The van der Waals surface area contributed by atoms with Crippen molar-refractivity contribution in [3.8, 4) is 11.8 Å². The van der Waals surface area contributed by atoms with Gasteiger partial charge in [0.25, 0.3) is 5.91 Å². The Balaban J connectivity index is 2.06. The van der Waals surface area contributed by atoms with Crippen molar-refractivity contribution in [2.45, 2.75) is 38.6 Å². The Labute approximate surface area is 119 Å². The van der Waals surface area contributed by atoms with Crippen molar-refractivity contribution >= 4 is 5.91 Å². The molecule has 4 nitrogen and oxygen atoms in total. The van der Waals surface area contributed by atoms with Gasteiger partial charge in [0.2, 0.25) is 0 Å². The highest BCUT2D eigenvalue weighted by molar-refractivity contribution is 5.92. The summed E-state index contributed by atoms with van der Waals surface area (Å²) in [7, 11) is 0. The molecule has 0 spiro atoms. The molecule has 0 bridgehead atoms. The fourth-order valence-corrected chi connectivity index (χ4v) is 2.36. The van der Waals surface area contributed by atoms with Gasteiger partial charge in [-0.05, 0) is 38.3 Å². The molecule has 4 heteroatoms. The molecule has 1 fully saturated rings. The molecule has 20 heavy (non-hydrogen) atoms. The van der Waals surface area contributed by atoms with E-state index in [1.165, 1.54) is 6.42 Å². The summed E-state index contributed by atoms with van der Waals surface area (Å²) in [5.41, 5.74) is 1.24. The molecule has 1 amide bonds. The fourth-order valence-electron chi connectivity index (χ4n) is 2.36. The van der Waals surface area contributed by atoms with Crippen LogP contribution in [-0.4, -0.2) is 40.1 Å². The van der Waals surface area contributed by atoms with E-state index in [2.05, 4.69) is 23.7 Å². The molecule has 1 aliphatic rings. The Hall–Kier alpha value is -1.86. The van der Waals surface area contributed by atoms with Crippen LogP contribution in [0.25, 0.3) is 0 Å². The predicted octanol–water partition coefficient (Wildman–Crippen LogP) is 1.83. The van der Waals surface area contributed by atoms with Gasteiger partial charge in [-0.2, -0.15) is 0 Å². The molecule has 1 N–H and O–H groups in total. The number of carbonyl (C=O) groups excluding carboxylic acids is 1. The summed E-state index contributed by atoms with van der Waals surface area (Å²) in [6, 6.07) is 3.83. The minimum atomic E-state index is 0.00654. The van der Waals surface area contributed by atoms with E-state index in [4.69, 9.17) is 5.11 Å². The molecule has 2 rings (SSSR count). The third-order valence-electron chi connectivity index (χ3n) is 3.52. The van der Waals surface area contributed by atoms with Crippen LogP contribution in [0, 0.1) is 11.8 Å². The number of nitrogens with zero attached hydrogens (tertiary/aromatic N) is 2. The molecule has 1 aromatic heterocycles. The lowest BCUT2D eigenvalue weighted by Crippen LogP contribution is -2.42. The lowest BCUT2D eigenvalue weighted by molar-refractivity contribution is 0.0629. The second-order valence-corrected chi connectivity index (χ2v) is 5.05. The number of hydrogen-bond acceptors (Lipinski definition) is 3. The standard InChI is InChI=1S/C16H20N2O2/c1-13-6-2-4-10-18(13)16(20)15-9-8-14(12-17-15)7-3-5-11-19/h8-9,12-13,19H,2,4-6,10-11H2,1H3. The molecule has 0 radical (unpaired) electrons. The minimum absolute atomic E-state index is 0.00654. The number of likely N-dealkylation sites (tertiary alicyclic amines) is 1. The summed E-state index contributed by atoms with van der Waals surface area (Å²) >= 11 is 0. The van der Waals surface area contributed by atoms with Gasteiger partial charge in [-0.1, -0.05) is 11.8 Å². The lowest BCUT2D eigenvalue weighted by Gasteiger charge is -2.33. The molecule has 0 aliphatic carbocycles. The first-order valence-corrected chi connectivity index (χ1v) is 7.09. The fraction of sp³-hybridized carbons (Fsp3) is 0.500. The largest absolute Gasteiger partial charge is 0.395 e. The topological polar surface area (TPSA) is 53.4 Å². The van der Waals surface area contributed by atoms with E-state index in [-0.39, 0.29) is 12.5 Å². The zero-order valence-electron chi connectivity index (χ0n) is 11.8. The van der Waals surface area contributed by atoms with Crippen molar-refractivity contribution in [1.29, 1.82) is 0 Å². The summed E-state index contributed by atoms with van der Waals surface area (Å²) < 4.78 is 0. The van der Waals surface area contributed by atoms with Crippen molar-refractivity contribution in [2.24, 2.45) is 0 Å². The second kappa shape index (κ2) is 7.06. The number of amides is 1. The van der Waals surface area contributed by atoms with E-state index in [9.17, 15) is 4.79 Å². The van der Waals surface area contributed by atoms with Crippen LogP contribution in [0.5, 0.6) is 0 Å². The van der Waals surface area contributed by atoms with E-state index < -0.39 is 0 Å².